The Bertz CT molecular complexity index is 1260. The second-order valence-corrected chi connectivity index (χ2v) is 10.4. The Kier molecular flexibility index (Phi) is 8.67. The molecule has 0 spiro atoms. The number of thiophene rings is 1. The van der Waals surface area contributed by atoms with E-state index < -0.39 is 0 Å². The molecule has 2 aromatic heterocycles. The van der Waals surface area contributed by atoms with Crippen LogP contribution in [0.2, 0.25) is 0 Å². The Balaban J connectivity index is 1.42. The summed E-state index contributed by atoms with van der Waals surface area (Å²) in [5, 5.41) is 22.6. The number of fused-ring (bicyclic) bond motifs is 1. The second-order valence-electron chi connectivity index (χ2n) is 8.39. The molecule has 3 aromatic rings. The maximum absolute atomic E-state index is 12.8. The molecule has 1 N–H and O–H groups in total. The topological polar surface area (TPSA) is 102 Å². The van der Waals surface area contributed by atoms with Gasteiger partial charge in [0.2, 0.25) is 5.91 Å². The highest BCUT2D eigenvalue weighted by Gasteiger charge is 2.23. The molecule has 36 heavy (non-hydrogen) atoms. The number of nitriles is 1. The van der Waals surface area contributed by atoms with E-state index in [2.05, 4.69) is 28.2 Å². The first kappa shape index (κ1) is 25.8. The average molecular weight is 524 g/mol. The lowest BCUT2D eigenvalue weighted by Crippen LogP contribution is -2.15. The summed E-state index contributed by atoms with van der Waals surface area (Å²) >= 11 is 2.83. The van der Waals surface area contributed by atoms with Crippen molar-refractivity contribution in [1.29, 1.82) is 5.26 Å². The summed E-state index contributed by atoms with van der Waals surface area (Å²) in [5.74, 6) is 2.05. The fraction of sp³-hybridized carbons (Fsp3) is 0.385. The maximum Gasteiger partial charge on any atom is 0.235 e. The van der Waals surface area contributed by atoms with Crippen molar-refractivity contribution in [2.45, 2.75) is 56.8 Å². The molecule has 1 atom stereocenters. The lowest BCUT2D eigenvalue weighted by Gasteiger charge is -2.16. The van der Waals surface area contributed by atoms with Gasteiger partial charge in [-0.05, 0) is 62.4 Å². The predicted molar refractivity (Wildman–Crippen MR) is 142 cm³/mol. The van der Waals surface area contributed by atoms with Gasteiger partial charge < -0.3 is 14.8 Å². The van der Waals surface area contributed by atoms with E-state index >= 15 is 0 Å². The molecule has 8 nitrogen and oxygen atoms in total. The molecule has 10 heteroatoms. The number of amides is 1. The third-order valence-corrected chi connectivity index (χ3v) is 8.09. The van der Waals surface area contributed by atoms with Crippen molar-refractivity contribution < 1.29 is 14.3 Å². The highest BCUT2D eigenvalue weighted by Crippen LogP contribution is 2.37. The van der Waals surface area contributed by atoms with E-state index in [-0.39, 0.29) is 17.8 Å². The summed E-state index contributed by atoms with van der Waals surface area (Å²) in [6, 6.07) is 9.65. The number of anilines is 1. The van der Waals surface area contributed by atoms with Crippen LogP contribution in [0.25, 0.3) is 0 Å². The van der Waals surface area contributed by atoms with Gasteiger partial charge in [0.05, 0.1) is 18.4 Å². The first-order valence-corrected chi connectivity index (χ1v) is 13.7. The van der Waals surface area contributed by atoms with Crippen LogP contribution in [-0.4, -0.2) is 33.5 Å². The van der Waals surface area contributed by atoms with Gasteiger partial charge in [0.15, 0.2) is 17.1 Å². The molecular formula is C26H29N5O3S2. The molecule has 1 unspecified atom stereocenters. The fourth-order valence-corrected chi connectivity index (χ4v) is 6.17. The number of aryl methyl sites for hydroxylation is 1. The maximum atomic E-state index is 12.8. The molecule has 188 valence electrons. The fourth-order valence-electron chi connectivity index (χ4n) is 4.16. The molecule has 0 radical (unpaired) electrons. The van der Waals surface area contributed by atoms with Gasteiger partial charge >= 0.3 is 0 Å². The lowest BCUT2D eigenvalue weighted by molar-refractivity contribution is -0.113. The zero-order valence-corrected chi connectivity index (χ0v) is 22.1. The monoisotopic (exact) mass is 523 g/mol. The third kappa shape index (κ3) is 5.91. The summed E-state index contributed by atoms with van der Waals surface area (Å²) < 4.78 is 13.1. The zero-order valence-electron chi connectivity index (χ0n) is 20.5. The van der Waals surface area contributed by atoms with Crippen molar-refractivity contribution in [3.63, 3.8) is 0 Å². The largest absolute Gasteiger partial charge is 0.497 e. The van der Waals surface area contributed by atoms with Gasteiger partial charge in [-0.15, -0.1) is 28.1 Å². The molecule has 1 aliphatic carbocycles. The van der Waals surface area contributed by atoms with Crippen LogP contribution in [0.5, 0.6) is 11.5 Å². The van der Waals surface area contributed by atoms with E-state index in [0.717, 1.165) is 37.0 Å². The number of carbonyl (C=O) groups is 1. The Labute approximate surface area is 219 Å². The Hall–Kier alpha value is -3.29. The molecular weight excluding hydrogens is 494 g/mol. The molecule has 2 heterocycles. The number of ether oxygens (including phenoxy) is 2. The molecule has 0 saturated heterocycles. The third-order valence-electron chi connectivity index (χ3n) is 5.91. The van der Waals surface area contributed by atoms with Crippen LogP contribution in [0, 0.1) is 11.3 Å². The summed E-state index contributed by atoms with van der Waals surface area (Å²) in [7, 11) is 1.62. The molecule has 1 aromatic carbocycles. The van der Waals surface area contributed by atoms with Gasteiger partial charge in [0.25, 0.3) is 0 Å². The molecule has 0 aliphatic heterocycles. The Morgan fingerprint density at radius 3 is 2.75 bits per heavy atom. The van der Waals surface area contributed by atoms with Gasteiger partial charge in [-0.1, -0.05) is 24.3 Å². The van der Waals surface area contributed by atoms with Gasteiger partial charge in [0.1, 0.15) is 22.6 Å². The highest BCUT2D eigenvalue weighted by molar-refractivity contribution is 7.99. The quantitative estimate of drug-likeness (QED) is 0.211. The summed E-state index contributed by atoms with van der Waals surface area (Å²) in [5.41, 5.74) is 1.74. The SMILES string of the molecule is C=CCn1c(SCC(=O)Nc2sc3c(c2C#N)CCCCC3)nnc1C(C)Oc1ccc(OC)cc1. The minimum atomic E-state index is -0.367. The minimum absolute atomic E-state index is 0.149. The number of nitrogens with zero attached hydrogens (tertiary/aromatic N) is 4. The van der Waals surface area contributed by atoms with E-state index in [1.807, 2.05) is 35.8 Å². The number of nitrogens with one attached hydrogen (secondary N) is 1. The van der Waals surface area contributed by atoms with Crippen LogP contribution >= 0.6 is 23.1 Å². The van der Waals surface area contributed by atoms with Crippen molar-refractivity contribution in [1.82, 2.24) is 14.8 Å². The number of thioether (sulfide) groups is 1. The number of methoxy groups -OCH3 is 1. The summed E-state index contributed by atoms with van der Waals surface area (Å²) in [6.07, 6.45) is 6.67. The number of rotatable bonds is 10. The van der Waals surface area contributed by atoms with E-state index in [1.165, 1.54) is 34.4 Å². The number of carbonyl (C=O) groups excluding carboxylic acids is 1. The number of allylic oxidation sites excluding steroid dienone is 1. The first-order chi connectivity index (χ1) is 17.5. The van der Waals surface area contributed by atoms with Crippen LogP contribution < -0.4 is 14.8 Å². The lowest BCUT2D eigenvalue weighted by atomic mass is 10.1. The van der Waals surface area contributed by atoms with Crippen LogP contribution in [0.3, 0.4) is 0 Å². The van der Waals surface area contributed by atoms with Crippen LogP contribution in [-0.2, 0) is 24.2 Å². The normalized spacial score (nSPS) is 13.7. The molecule has 0 bridgehead atoms. The molecule has 0 fully saturated rings. The molecule has 4 rings (SSSR count). The average Bonchev–Trinajstić information content (AvgIpc) is 3.35. The van der Waals surface area contributed by atoms with E-state index in [4.69, 9.17) is 9.47 Å². The van der Waals surface area contributed by atoms with E-state index in [0.29, 0.717) is 33.8 Å². The predicted octanol–water partition coefficient (Wildman–Crippen LogP) is 5.55. The number of hydrogen-bond acceptors (Lipinski definition) is 8. The van der Waals surface area contributed by atoms with Gasteiger partial charge in [-0.3, -0.25) is 9.36 Å². The number of benzene rings is 1. The first-order valence-electron chi connectivity index (χ1n) is 11.9. The van der Waals surface area contributed by atoms with Crippen molar-refractivity contribution in [2.75, 3.05) is 18.2 Å². The van der Waals surface area contributed by atoms with Crippen molar-refractivity contribution >= 4 is 34.0 Å². The standard InChI is InChI=1S/C26H29N5O3S2/c1-4-14-31-24(17(2)34-19-12-10-18(33-3)11-13-19)29-30-26(31)35-16-23(32)28-25-21(15-27)20-8-6-5-7-9-22(20)36-25/h4,10-13,17H,1,5-9,14,16H2,2-3H3,(H,28,32). The van der Waals surface area contributed by atoms with Gasteiger partial charge in [-0.25, -0.2) is 0 Å². The second kappa shape index (κ2) is 12.1. The molecule has 1 aliphatic rings. The van der Waals surface area contributed by atoms with E-state index in [9.17, 15) is 10.1 Å². The summed E-state index contributed by atoms with van der Waals surface area (Å²) in [4.78, 5) is 14.0. The van der Waals surface area contributed by atoms with E-state index in [1.54, 1.807) is 13.2 Å². The van der Waals surface area contributed by atoms with Crippen molar-refractivity contribution in [3.8, 4) is 17.6 Å². The smallest absolute Gasteiger partial charge is 0.235 e. The Morgan fingerprint density at radius 2 is 2.03 bits per heavy atom. The van der Waals surface area contributed by atoms with Crippen LogP contribution in [0.4, 0.5) is 5.00 Å². The van der Waals surface area contributed by atoms with Crippen LogP contribution in [0.1, 0.15) is 54.1 Å². The zero-order chi connectivity index (χ0) is 25.5. The summed E-state index contributed by atoms with van der Waals surface area (Å²) in [6.45, 7) is 6.23. The minimum Gasteiger partial charge on any atom is -0.497 e. The number of hydrogen-bond donors (Lipinski definition) is 1. The number of aromatic nitrogens is 3. The molecule has 1 amide bonds. The van der Waals surface area contributed by atoms with Crippen LogP contribution in [0.15, 0.2) is 42.1 Å². The molecule has 0 saturated carbocycles. The van der Waals surface area contributed by atoms with Gasteiger partial charge in [0, 0.05) is 11.4 Å². The van der Waals surface area contributed by atoms with Crippen molar-refractivity contribution in [2.24, 2.45) is 0 Å². The Morgan fingerprint density at radius 1 is 1.28 bits per heavy atom. The van der Waals surface area contributed by atoms with Gasteiger partial charge in [-0.2, -0.15) is 5.26 Å². The highest BCUT2D eigenvalue weighted by atomic mass is 32.2. The van der Waals surface area contributed by atoms with Crippen molar-refractivity contribution in [3.05, 3.63) is 58.7 Å².